The van der Waals surface area contributed by atoms with Crippen molar-refractivity contribution in [1.82, 2.24) is 20.2 Å². The van der Waals surface area contributed by atoms with Gasteiger partial charge in [0.25, 0.3) is 0 Å². The maximum Gasteiger partial charge on any atom is 0.208 e. The maximum absolute atomic E-state index is 10.2. The van der Waals surface area contributed by atoms with Crippen molar-refractivity contribution in [1.29, 1.82) is 0 Å². The fourth-order valence-corrected chi connectivity index (χ4v) is 2.77. The van der Waals surface area contributed by atoms with Gasteiger partial charge in [-0.25, -0.2) is 0 Å². The normalized spacial score (nSPS) is 12.1. The highest BCUT2D eigenvalue weighted by Gasteiger charge is 2.12. The number of aromatic amines is 1. The molecule has 2 N–H and O–H groups in total. The number of aliphatic hydroxyl groups is 1. The predicted molar refractivity (Wildman–Crippen MR) is 88.3 cm³/mol. The molecule has 0 saturated carbocycles. The molecule has 1 aromatic carbocycles. The van der Waals surface area contributed by atoms with Crippen LogP contribution in [0.1, 0.15) is 11.7 Å². The topological polar surface area (TPSA) is 83.9 Å². The van der Waals surface area contributed by atoms with Gasteiger partial charge in [-0.1, -0.05) is 30.0 Å². The van der Waals surface area contributed by atoms with Gasteiger partial charge in [0, 0.05) is 11.9 Å². The van der Waals surface area contributed by atoms with Gasteiger partial charge < -0.3 is 9.84 Å². The number of hydrogen-bond donors (Lipinski definition) is 2. The van der Waals surface area contributed by atoms with Gasteiger partial charge in [0.05, 0.1) is 13.2 Å². The van der Waals surface area contributed by atoms with Crippen molar-refractivity contribution in [2.24, 2.45) is 0 Å². The molecule has 1 atom stereocenters. The molecular weight excluding hydrogens is 312 g/mol. The second-order valence-corrected chi connectivity index (χ2v) is 5.77. The van der Waals surface area contributed by atoms with Crippen LogP contribution in [0, 0.1) is 0 Å². The Morgan fingerprint density at radius 2 is 2.04 bits per heavy atom. The average molecular weight is 328 g/mol. The Labute approximate surface area is 138 Å². The van der Waals surface area contributed by atoms with Gasteiger partial charge in [-0.15, -0.1) is 5.10 Å². The van der Waals surface area contributed by atoms with Crippen LogP contribution in [0.15, 0.2) is 53.8 Å². The third-order valence-electron chi connectivity index (χ3n) is 3.24. The molecule has 0 amide bonds. The van der Waals surface area contributed by atoms with Crippen LogP contribution >= 0.6 is 11.8 Å². The van der Waals surface area contributed by atoms with E-state index in [9.17, 15) is 5.11 Å². The number of hydrogen-bond acceptors (Lipinski definition) is 6. The molecule has 0 aliphatic heterocycles. The Bertz CT molecular complexity index is 746. The van der Waals surface area contributed by atoms with Crippen LogP contribution in [0.25, 0.3) is 11.5 Å². The van der Waals surface area contributed by atoms with Gasteiger partial charge in [-0.2, -0.15) is 4.98 Å². The summed E-state index contributed by atoms with van der Waals surface area (Å²) in [5.41, 5.74) is 1.57. The zero-order valence-corrected chi connectivity index (χ0v) is 13.3. The molecule has 3 aromatic rings. The molecule has 0 saturated heterocycles. The summed E-state index contributed by atoms with van der Waals surface area (Å²) in [5, 5.41) is 17.8. The van der Waals surface area contributed by atoms with Gasteiger partial charge in [0.15, 0.2) is 5.82 Å². The second-order valence-electron chi connectivity index (χ2n) is 4.78. The van der Waals surface area contributed by atoms with Crippen molar-refractivity contribution in [2.45, 2.75) is 11.3 Å². The first-order valence-corrected chi connectivity index (χ1v) is 8.03. The van der Waals surface area contributed by atoms with Gasteiger partial charge in [0.2, 0.25) is 5.16 Å². The number of rotatable bonds is 6. The summed E-state index contributed by atoms with van der Waals surface area (Å²) in [6.45, 7) is 0. The average Bonchev–Trinajstić information content (AvgIpc) is 3.09. The summed E-state index contributed by atoms with van der Waals surface area (Å²) >= 11 is 1.39. The second kappa shape index (κ2) is 7.26. The Morgan fingerprint density at radius 3 is 2.74 bits per heavy atom. The first kappa shape index (κ1) is 15.5. The monoisotopic (exact) mass is 328 g/mol. The molecule has 23 heavy (non-hydrogen) atoms. The highest BCUT2D eigenvalue weighted by atomic mass is 32.2. The first-order chi connectivity index (χ1) is 11.3. The summed E-state index contributed by atoms with van der Waals surface area (Å²) < 4.78 is 5.11. The van der Waals surface area contributed by atoms with Crippen LogP contribution in [0.3, 0.4) is 0 Å². The van der Waals surface area contributed by atoms with Crippen LogP contribution in [-0.4, -0.2) is 38.1 Å². The molecule has 0 bridgehead atoms. The van der Waals surface area contributed by atoms with Crippen molar-refractivity contribution < 1.29 is 9.84 Å². The molecule has 118 valence electrons. The lowest BCUT2D eigenvalue weighted by molar-refractivity contribution is 0.204. The number of methoxy groups -OCH3 is 1. The third-order valence-corrected chi connectivity index (χ3v) is 4.17. The Kier molecular flexibility index (Phi) is 4.89. The van der Waals surface area contributed by atoms with Gasteiger partial charge >= 0.3 is 0 Å². The Hall–Kier alpha value is -2.38. The number of nitrogens with zero attached hydrogens (tertiary/aromatic N) is 3. The lowest BCUT2D eigenvalue weighted by atomic mass is 10.1. The number of aromatic nitrogens is 4. The molecule has 0 unspecified atom stereocenters. The zero-order valence-electron chi connectivity index (χ0n) is 12.5. The quantitative estimate of drug-likeness (QED) is 0.677. The van der Waals surface area contributed by atoms with Crippen molar-refractivity contribution >= 4 is 11.8 Å². The van der Waals surface area contributed by atoms with Crippen LogP contribution in [0.2, 0.25) is 0 Å². The molecule has 3 rings (SSSR count). The van der Waals surface area contributed by atoms with E-state index in [1.165, 1.54) is 11.8 Å². The fraction of sp³-hybridized carbons (Fsp3) is 0.188. The van der Waals surface area contributed by atoms with E-state index >= 15 is 0 Å². The molecule has 6 nitrogen and oxygen atoms in total. The van der Waals surface area contributed by atoms with Crippen LogP contribution < -0.4 is 4.74 Å². The lowest BCUT2D eigenvalue weighted by Gasteiger charge is -2.09. The van der Waals surface area contributed by atoms with Crippen LogP contribution in [0.4, 0.5) is 0 Å². The predicted octanol–water partition coefficient (Wildman–Crippen LogP) is 2.70. The summed E-state index contributed by atoms with van der Waals surface area (Å²) in [6, 6.07) is 13.0. The molecule has 2 aromatic heterocycles. The van der Waals surface area contributed by atoms with Crippen LogP contribution in [-0.2, 0) is 0 Å². The number of aliphatic hydroxyl groups excluding tert-OH is 1. The standard InChI is InChI=1S/C16H16N4O2S/c1-22-12-7-5-11(6-8-12)14(21)10-23-16-18-15(19-20-16)13-4-2-3-9-17-13/h2-9,14,21H,10H2,1H3,(H,18,19,20)/t14-/m1/s1. The first-order valence-electron chi connectivity index (χ1n) is 7.05. The Morgan fingerprint density at radius 1 is 1.22 bits per heavy atom. The number of pyridine rings is 1. The van der Waals surface area contributed by atoms with E-state index in [1.807, 2.05) is 42.5 Å². The largest absolute Gasteiger partial charge is 0.497 e. The molecule has 0 aliphatic carbocycles. The third kappa shape index (κ3) is 3.88. The number of nitrogens with one attached hydrogen (secondary N) is 1. The SMILES string of the molecule is COc1ccc([C@H](O)CSc2n[nH]c(-c3ccccn3)n2)cc1. The smallest absolute Gasteiger partial charge is 0.208 e. The van der Waals surface area contributed by atoms with E-state index in [4.69, 9.17) is 4.74 Å². The highest BCUT2D eigenvalue weighted by molar-refractivity contribution is 7.99. The maximum atomic E-state index is 10.2. The summed E-state index contributed by atoms with van der Waals surface area (Å²) in [5.74, 6) is 1.85. The molecule has 0 radical (unpaired) electrons. The van der Waals surface area contributed by atoms with Crippen molar-refractivity contribution in [2.75, 3.05) is 12.9 Å². The van der Waals surface area contributed by atoms with E-state index in [2.05, 4.69) is 20.2 Å². The van der Waals surface area contributed by atoms with Gasteiger partial charge in [0.1, 0.15) is 11.4 Å². The van der Waals surface area contributed by atoms with E-state index in [1.54, 1.807) is 13.3 Å². The van der Waals surface area contributed by atoms with Crippen molar-refractivity contribution in [3.63, 3.8) is 0 Å². The number of H-pyrrole nitrogens is 1. The fourth-order valence-electron chi connectivity index (χ4n) is 2.00. The molecule has 0 spiro atoms. The van der Waals surface area contributed by atoms with Crippen molar-refractivity contribution in [3.8, 4) is 17.3 Å². The van der Waals surface area contributed by atoms with E-state index < -0.39 is 6.10 Å². The van der Waals surface area contributed by atoms with E-state index in [0.29, 0.717) is 16.7 Å². The molecule has 0 fully saturated rings. The van der Waals surface area contributed by atoms with Crippen LogP contribution in [0.5, 0.6) is 5.75 Å². The molecule has 2 heterocycles. The summed E-state index contributed by atoms with van der Waals surface area (Å²) in [4.78, 5) is 8.59. The Balaban J connectivity index is 1.60. The van der Waals surface area contributed by atoms with E-state index in [-0.39, 0.29) is 0 Å². The lowest BCUT2D eigenvalue weighted by Crippen LogP contribution is -2.00. The van der Waals surface area contributed by atoms with E-state index in [0.717, 1.165) is 17.0 Å². The molecule has 7 heteroatoms. The number of benzene rings is 1. The van der Waals surface area contributed by atoms with Crippen molar-refractivity contribution in [3.05, 3.63) is 54.2 Å². The molecule has 0 aliphatic rings. The summed E-state index contributed by atoms with van der Waals surface area (Å²) in [6.07, 6.45) is 1.11. The zero-order chi connectivity index (χ0) is 16.1. The number of ether oxygens (including phenoxy) is 1. The minimum absolute atomic E-state index is 0.464. The highest BCUT2D eigenvalue weighted by Crippen LogP contribution is 2.24. The molecular formula is C16H16N4O2S. The number of thioether (sulfide) groups is 1. The minimum atomic E-state index is -0.595. The van der Waals surface area contributed by atoms with Gasteiger partial charge in [-0.05, 0) is 29.8 Å². The summed E-state index contributed by atoms with van der Waals surface area (Å²) in [7, 11) is 1.61. The van der Waals surface area contributed by atoms with Gasteiger partial charge in [-0.3, -0.25) is 10.1 Å². The minimum Gasteiger partial charge on any atom is -0.497 e.